The van der Waals surface area contributed by atoms with Crippen LogP contribution in [0.1, 0.15) is 19.4 Å². The monoisotopic (exact) mass is 254 g/mol. The first-order chi connectivity index (χ1) is 8.31. The van der Waals surface area contributed by atoms with Gasteiger partial charge in [-0.3, -0.25) is 4.79 Å². The molecule has 0 heterocycles. The molecule has 0 aliphatic rings. The maximum atomic E-state index is 11.1. The molecule has 0 bridgehead atoms. The second-order valence-electron chi connectivity index (χ2n) is 4.72. The lowest BCUT2D eigenvalue weighted by molar-refractivity contribution is -0.146. The molecule has 0 aromatic heterocycles. The first kappa shape index (κ1) is 14.2. The van der Waals surface area contributed by atoms with E-state index in [1.807, 2.05) is 0 Å². The Morgan fingerprint density at radius 2 is 1.89 bits per heavy atom. The fourth-order valence-corrected chi connectivity index (χ4v) is 1.69. The molecule has 2 N–H and O–H groups in total. The third kappa shape index (κ3) is 2.85. The summed E-state index contributed by atoms with van der Waals surface area (Å²) in [5, 5.41) is 18.9. The number of carboxylic acid groups (broad SMARTS) is 1. The normalized spacial score (nSPS) is 11.1. The number of phenols is 1. The van der Waals surface area contributed by atoms with Crippen LogP contribution in [-0.4, -0.2) is 30.4 Å². The van der Waals surface area contributed by atoms with Crippen LogP contribution >= 0.6 is 0 Å². The molecule has 0 unspecified atom stereocenters. The van der Waals surface area contributed by atoms with Gasteiger partial charge in [0.2, 0.25) is 5.75 Å². The lowest BCUT2D eigenvalue weighted by atomic mass is 9.86. The van der Waals surface area contributed by atoms with Gasteiger partial charge in [0.05, 0.1) is 19.6 Å². The van der Waals surface area contributed by atoms with Crippen molar-refractivity contribution in [1.29, 1.82) is 0 Å². The summed E-state index contributed by atoms with van der Waals surface area (Å²) in [6.45, 7) is 3.26. The van der Waals surface area contributed by atoms with Crippen LogP contribution in [0.2, 0.25) is 0 Å². The predicted molar refractivity (Wildman–Crippen MR) is 66.3 cm³/mol. The lowest BCUT2D eigenvalue weighted by Crippen LogP contribution is -2.26. The number of aliphatic carboxylic acids is 1. The van der Waals surface area contributed by atoms with Crippen molar-refractivity contribution < 1.29 is 24.5 Å². The Bertz CT molecular complexity index is 451. The van der Waals surface area contributed by atoms with Gasteiger partial charge in [0.15, 0.2) is 11.5 Å². The number of hydrogen-bond donors (Lipinski definition) is 2. The summed E-state index contributed by atoms with van der Waals surface area (Å²) in [6.07, 6.45) is 0.288. The summed E-state index contributed by atoms with van der Waals surface area (Å²) in [5.74, 6) is -0.326. The molecule has 5 heteroatoms. The molecule has 0 amide bonds. The van der Waals surface area contributed by atoms with Crippen LogP contribution in [0.5, 0.6) is 17.2 Å². The van der Waals surface area contributed by atoms with E-state index in [1.165, 1.54) is 20.3 Å². The van der Waals surface area contributed by atoms with Gasteiger partial charge in [-0.05, 0) is 38.0 Å². The minimum absolute atomic E-state index is 0.0620. The highest BCUT2D eigenvalue weighted by Gasteiger charge is 2.28. The van der Waals surface area contributed by atoms with Gasteiger partial charge < -0.3 is 19.7 Å². The van der Waals surface area contributed by atoms with Crippen molar-refractivity contribution in [2.75, 3.05) is 14.2 Å². The van der Waals surface area contributed by atoms with Crippen molar-refractivity contribution in [3.63, 3.8) is 0 Å². The third-order valence-corrected chi connectivity index (χ3v) is 2.74. The summed E-state index contributed by atoms with van der Waals surface area (Å²) < 4.78 is 10.1. The molecule has 5 nitrogen and oxygen atoms in total. The quantitative estimate of drug-likeness (QED) is 0.841. The second kappa shape index (κ2) is 5.16. The molecule has 0 aliphatic heterocycles. The van der Waals surface area contributed by atoms with Gasteiger partial charge in [-0.2, -0.15) is 0 Å². The van der Waals surface area contributed by atoms with E-state index in [2.05, 4.69) is 0 Å². The zero-order chi connectivity index (χ0) is 13.9. The molecule has 1 aromatic rings. The van der Waals surface area contributed by atoms with Gasteiger partial charge >= 0.3 is 5.97 Å². The molecular weight excluding hydrogens is 236 g/mol. The summed E-state index contributed by atoms with van der Waals surface area (Å²) in [4.78, 5) is 11.1. The lowest BCUT2D eigenvalue weighted by Gasteiger charge is -2.20. The Hall–Kier alpha value is -1.91. The molecule has 18 heavy (non-hydrogen) atoms. The third-order valence-electron chi connectivity index (χ3n) is 2.74. The van der Waals surface area contributed by atoms with Gasteiger partial charge in [0.1, 0.15) is 0 Å². The van der Waals surface area contributed by atoms with Crippen molar-refractivity contribution in [3.05, 3.63) is 17.7 Å². The number of methoxy groups -OCH3 is 2. The SMILES string of the molecule is COc1cc(CC(C)(C)C(=O)O)cc(O)c1OC. The number of aromatic hydroxyl groups is 1. The van der Waals surface area contributed by atoms with E-state index in [-0.39, 0.29) is 17.9 Å². The zero-order valence-corrected chi connectivity index (χ0v) is 11.0. The largest absolute Gasteiger partial charge is 0.504 e. The second-order valence-corrected chi connectivity index (χ2v) is 4.72. The van der Waals surface area contributed by atoms with E-state index in [0.717, 1.165) is 0 Å². The summed E-state index contributed by atoms with van der Waals surface area (Å²) in [7, 11) is 2.89. The highest BCUT2D eigenvalue weighted by molar-refractivity contribution is 5.74. The average Bonchev–Trinajstić information content (AvgIpc) is 2.27. The number of benzene rings is 1. The molecule has 0 fully saturated rings. The molecule has 100 valence electrons. The van der Waals surface area contributed by atoms with Crippen molar-refractivity contribution in [3.8, 4) is 17.2 Å². The Balaban J connectivity index is 3.13. The minimum atomic E-state index is -0.911. The van der Waals surface area contributed by atoms with E-state index in [0.29, 0.717) is 11.3 Å². The first-order valence-electron chi connectivity index (χ1n) is 5.49. The van der Waals surface area contributed by atoms with Gasteiger partial charge in [-0.25, -0.2) is 0 Å². The number of rotatable bonds is 5. The van der Waals surface area contributed by atoms with Crippen molar-refractivity contribution in [2.45, 2.75) is 20.3 Å². The smallest absolute Gasteiger partial charge is 0.309 e. The molecule has 0 spiro atoms. The molecule has 0 radical (unpaired) electrons. The number of ether oxygens (including phenoxy) is 2. The number of phenolic OH excluding ortho intramolecular Hbond substituents is 1. The predicted octanol–water partition coefficient (Wildman–Crippen LogP) is 2.06. The van der Waals surface area contributed by atoms with E-state index in [9.17, 15) is 9.90 Å². The van der Waals surface area contributed by atoms with Crippen LogP contribution in [0.15, 0.2) is 12.1 Å². The molecule has 1 aromatic carbocycles. The van der Waals surface area contributed by atoms with Crippen LogP contribution in [0.3, 0.4) is 0 Å². The van der Waals surface area contributed by atoms with Crippen LogP contribution in [-0.2, 0) is 11.2 Å². The number of carbonyl (C=O) groups is 1. The van der Waals surface area contributed by atoms with E-state index < -0.39 is 11.4 Å². The summed E-state index contributed by atoms with van der Waals surface area (Å²) in [6, 6.07) is 3.16. The number of carboxylic acids is 1. The highest BCUT2D eigenvalue weighted by atomic mass is 16.5. The molecule has 0 saturated heterocycles. The Morgan fingerprint density at radius 1 is 1.28 bits per heavy atom. The fourth-order valence-electron chi connectivity index (χ4n) is 1.69. The molecule has 0 saturated carbocycles. The minimum Gasteiger partial charge on any atom is -0.504 e. The number of hydrogen-bond acceptors (Lipinski definition) is 4. The van der Waals surface area contributed by atoms with Gasteiger partial charge in [0, 0.05) is 0 Å². The molecule has 0 atom stereocenters. The molecular formula is C13H18O5. The zero-order valence-electron chi connectivity index (χ0n) is 11.0. The summed E-state index contributed by atoms with van der Waals surface area (Å²) >= 11 is 0. The van der Waals surface area contributed by atoms with Gasteiger partial charge in [-0.1, -0.05) is 0 Å². The van der Waals surface area contributed by atoms with Crippen LogP contribution in [0.4, 0.5) is 0 Å². The molecule has 0 aliphatic carbocycles. The van der Waals surface area contributed by atoms with Crippen molar-refractivity contribution >= 4 is 5.97 Å². The topological polar surface area (TPSA) is 76.0 Å². The Labute approximate surface area is 106 Å². The first-order valence-corrected chi connectivity index (χ1v) is 5.49. The standard InChI is InChI=1S/C13H18O5/c1-13(2,12(15)16)7-8-5-9(14)11(18-4)10(6-8)17-3/h5-6,14H,7H2,1-4H3,(H,15,16). The average molecular weight is 254 g/mol. The van der Waals surface area contributed by atoms with E-state index in [4.69, 9.17) is 14.6 Å². The van der Waals surface area contributed by atoms with Gasteiger partial charge in [-0.15, -0.1) is 0 Å². The van der Waals surface area contributed by atoms with Gasteiger partial charge in [0.25, 0.3) is 0 Å². The summed E-state index contributed by atoms with van der Waals surface area (Å²) in [5.41, 5.74) is -0.232. The fraction of sp³-hybridized carbons (Fsp3) is 0.462. The van der Waals surface area contributed by atoms with Crippen LogP contribution < -0.4 is 9.47 Å². The Kier molecular flexibility index (Phi) is 4.06. The molecule has 1 rings (SSSR count). The van der Waals surface area contributed by atoms with E-state index >= 15 is 0 Å². The Morgan fingerprint density at radius 3 is 2.33 bits per heavy atom. The van der Waals surface area contributed by atoms with Crippen molar-refractivity contribution in [1.82, 2.24) is 0 Å². The van der Waals surface area contributed by atoms with Crippen LogP contribution in [0, 0.1) is 5.41 Å². The maximum Gasteiger partial charge on any atom is 0.309 e. The van der Waals surface area contributed by atoms with Crippen LogP contribution in [0.25, 0.3) is 0 Å². The van der Waals surface area contributed by atoms with E-state index in [1.54, 1.807) is 19.9 Å². The van der Waals surface area contributed by atoms with Crippen molar-refractivity contribution in [2.24, 2.45) is 5.41 Å². The maximum absolute atomic E-state index is 11.1. The highest BCUT2D eigenvalue weighted by Crippen LogP contribution is 2.38.